The molecule has 3 N–H and O–H groups in total. The highest BCUT2D eigenvalue weighted by Crippen LogP contribution is 2.12. The number of rotatable bonds is 5. The van der Waals surface area contributed by atoms with Gasteiger partial charge in [0.2, 0.25) is 5.89 Å². The minimum atomic E-state index is -0.392. The summed E-state index contributed by atoms with van der Waals surface area (Å²) in [7, 11) is 0. The van der Waals surface area contributed by atoms with Crippen molar-refractivity contribution in [1.29, 1.82) is 0 Å². The first-order valence-corrected chi connectivity index (χ1v) is 5.52. The maximum Gasteiger partial charge on any atom is 0.243 e. The Kier molecular flexibility index (Phi) is 3.85. The van der Waals surface area contributed by atoms with E-state index >= 15 is 0 Å². The third kappa shape index (κ3) is 3.12. The number of nitrogens with zero attached hydrogens (tertiary/aromatic N) is 2. The number of aliphatic hydroxyl groups excluding tert-OH is 1. The van der Waals surface area contributed by atoms with Gasteiger partial charge in [0.1, 0.15) is 0 Å². The van der Waals surface area contributed by atoms with Crippen LogP contribution in [0.25, 0.3) is 0 Å². The van der Waals surface area contributed by atoms with Crippen molar-refractivity contribution < 1.29 is 9.63 Å². The summed E-state index contributed by atoms with van der Waals surface area (Å²) >= 11 is 0. The molecule has 0 bridgehead atoms. The molecule has 0 fully saturated rings. The average Bonchev–Trinajstić information content (AvgIpc) is 2.79. The first kappa shape index (κ1) is 11.8. The third-order valence-electron chi connectivity index (χ3n) is 2.45. The Morgan fingerprint density at radius 2 is 2.06 bits per heavy atom. The number of aromatic nitrogens is 2. The topological polar surface area (TPSA) is 85.2 Å². The zero-order valence-corrected chi connectivity index (χ0v) is 9.41. The van der Waals surface area contributed by atoms with E-state index in [0.717, 1.165) is 5.56 Å². The van der Waals surface area contributed by atoms with E-state index in [9.17, 15) is 0 Å². The van der Waals surface area contributed by atoms with E-state index in [1.165, 1.54) is 0 Å². The van der Waals surface area contributed by atoms with Gasteiger partial charge in [-0.3, -0.25) is 0 Å². The first-order valence-electron chi connectivity index (χ1n) is 5.52. The van der Waals surface area contributed by atoms with E-state index in [1.807, 2.05) is 30.3 Å². The summed E-state index contributed by atoms with van der Waals surface area (Å²) in [6.45, 7) is 0.0115. The van der Waals surface area contributed by atoms with Crippen molar-refractivity contribution in [3.63, 3.8) is 0 Å². The van der Waals surface area contributed by atoms with Gasteiger partial charge in [0, 0.05) is 13.0 Å². The summed E-state index contributed by atoms with van der Waals surface area (Å²) in [5, 5.41) is 12.6. The molecule has 1 aromatic carbocycles. The Morgan fingerprint density at radius 3 is 2.76 bits per heavy atom. The van der Waals surface area contributed by atoms with Crippen LogP contribution < -0.4 is 5.73 Å². The summed E-state index contributed by atoms with van der Waals surface area (Å²) in [4.78, 5) is 4.21. The Labute approximate surface area is 99.3 Å². The summed E-state index contributed by atoms with van der Waals surface area (Å²) in [6, 6.07) is 9.51. The second-order valence-electron chi connectivity index (χ2n) is 3.83. The predicted octanol–water partition coefficient (Wildman–Crippen LogP) is 1.04. The molecule has 0 saturated heterocycles. The molecule has 2 rings (SSSR count). The van der Waals surface area contributed by atoms with Gasteiger partial charge in [0.15, 0.2) is 5.82 Å². The Bertz CT molecular complexity index is 456. The molecule has 1 unspecified atom stereocenters. The molecule has 90 valence electrons. The highest BCUT2D eigenvalue weighted by atomic mass is 16.5. The molecule has 0 aliphatic rings. The van der Waals surface area contributed by atoms with Crippen LogP contribution in [0.2, 0.25) is 0 Å². The number of nitrogens with two attached hydrogens (primary N) is 1. The SMILES string of the molecule is NC(CCO)c1nc(Cc2ccccc2)no1. The molecule has 0 spiro atoms. The fraction of sp³-hybridized carbons (Fsp3) is 0.333. The van der Waals surface area contributed by atoms with Crippen molar-refractivity contribution in [3.8, 4) is 0 Å². The second kappa shape index (κ2) is 5.56. The standard InChI is InChI=1S/C12H15N3O2/c13-10(6-7-16)12-14-11(15-17-12)8-9-4-2-1-3-5-9/h1-5,10,16H,6-8,13H2. The maximum absolute atomic E-state index is 8.77. The largest absolute Gasteiger partial charge is 0.396 e. The fourth-order valence-corrected chi connectivity index (χ4v) is 1.53. The van der Waals surface area contributed by atoms with Gasteiger partial charge in [-0.15, -0.1) is 0 Å². The third-order valence-corrected chi connectivity index (χ3v) is 2.45. The molecule has 5 heteroatoms. The van der Waals surface area contributed by atoms with Gasteiger partial charge in [-0.05, 0) is 12.0 Å². The van der Waals surface area contributed by atoms with Crippen molar-refractivity contribution in [3.05, 3.63) is 47.6 Å². The number of hydrogen-bond donors (Lipinski definition) is 2. The summed E-state index contributed by atoms with van der Waals surface area (Å²) < 4.78 is 5.05. The van der Waals surface area contributed by atoms with Crippen LogP contribution in [0, 0.1) is 0 Å². The van der Waals surface area contributed by atoms with Crippen molar-refractivity contribution >= 4 is 0 Å². The lowest BCUT2D eigenvalue weighted by molar-refractivity contribution is 0.259. The van der Waals surface area contributed by atoms with Gasteiger partial charge in [0.25, 0.3) is 0 Å². The summed E-state index contributed by atoms with van der Waals surface area (Å²) in [5.74, 6) is 0.990. The van der Waals surface area contributed by atoms with Crippen molar-refractivity contribution in [2.75, 3.05) is 6.61 Å². The molecular weight excluding hydrogens is 218 g/mol. The Hall–Kier alpha value is -1.72. The van der Waals surface area contributed by atoms with E-state index in [1.54, 1.807) is 0 Å². The summed E-state index contributed by atoms with van der Waals surface area (Å²) in [5.41, 5.74) is 6.88. The number of hydrogen-bond acceptors (Lipinski definition) is 5. The van der Waals surface area contributed by atoms with Crippen LogP contribution >= 0.6 is 0 Å². The van der Waals surface area contributed by atoms with Crippen molar-refractivity contribution in [2.45, 2.75) is 18.9 Å². The quantitative estimate of drug-likeness (QED) is 0.806. The molecular formula is C12H15N3O2. The number of benzene rings is 1. The highest BCUT2D eigenvalue weighted by molar-refractivity contribution is 5.18. The van der Waals surface area contributed by atoms with E-state index in [2.05, 4.69) is 10.1 Å². The van der Waals surface area contributed by atoms with Gasteiger partial charge in [-0.1, -0.05) is 35.5 Å². The molecule has 0 radical (unpaired) electrons. The molecule has 1 atom stereocenters. The first-order chi connectivity index (χ1) is 8.29. The van der Waals surface area contributed by atoms with Crippen LogP contribution in [0.5, 0.6) is 0 Å². The average molecular weight is 233 g/mol. The molecule has 2 aromatic rings. The van der Waals surface area contributed by atoms with Crippen LogP contribution in [-0.2, 0) is 6.42 Å². The molecule has 0 amide bonds. The zero-order chi connectivity index (χ0) is 12.1. The van der Waals surface area contributed by atoms with Crippen LogP contribution in [-0.4, -0.2) is 21.9 Å². The summed E-state index contributed by atoms with van der Waals surface area (Å²) in [6.07, 6.45) is 1.04. The molecule has 1 aromatic heterocycles. The van der Waals surface area contributed by atoms with Crippen LogP contribution in [0.4, 0.5) is 0 Å². The Morgan fingerprint density at radius 1 is 1.29 bits per heavy atom. The lowest BCUT2D eigenvalue weighted by Crippen LogP contribution is -2.12. The molecule has 0 saturated carbocycles. The second-order valence-corrected chi connectivity index (χ2v) is 3.83. The van der Waals surface area contributed by atoms with Gasteiger partial charge in [-0.25, -0.2) is 0 Å². The normalized spacial score (nSPS) is 12.6. The van der Waals surface area contributed by atoms with E-state index in [-0.39, 0.29) is 6.61 Å². The highest BCUT2D eigenvalue weighted by Gasteiger charge is 2.14. The minimum absolute atomic E-state index is 0.0115. The number of aliphatic hydroxyl groups is 1. The lowest BCUT2D eigenvalue weighted by atomic mass is 10.1. The van der Waals surface area contributed by atoms with Crippen LogP contribution in [0.3, 0.4) is 0 Å². The predicted molar refractivity (Wildman–Crippen MR) is 62.2 cm³/mol. The monoisotopic (exact) mass is 233 g/mol. The van der Waals surface area contributed by atoms with Gasteiger partial charge in [0.05, 0.1) is 6.04 Å². The lowest BCUT2D eigenvalue weighted by Gasteiger charge is -2.01. The van der Waals surface area contributed by atoms with Gasteiger partial charge in [-0.2, -0.15) is 4.98 Å². The molecule has 0 aliphatic heterocycles. The minimum Gasteiger partial charge on any atom is -0.396 e. The van der Waals surface area contributed by atoms with E-state index in [4.69, 9.17) is 15.4 Å². The van der Waals surface area contributed by atoms with Crippen LogP contribution in [0.1, 0.15) is 29.7 Å². The molecule has 5 nitrogen and oxygen atoms in total. The van der Waals surface area contributed by atoms with E-state index in [0.29, 0.717) is 24.6 Å². The van der Waals surface area contributed by atoms with E-state index < -0.39 is 6.04 Å². The fourth-order valence-electron chi connectivity index (χ4n) is 1.53. The Balaban J connectivity index is 2.04. The van der Waals surface area contributed by atoms with Crippen molar-refractivity contribution in [2.24, 2.45) is 5.73 Å². The van der Waals surface area contributed by atoms with Crippen LogP contribution in [0.15, 0.2) is 34.9 Å². The molecule has 0 aliphatic carbocycles. The van der Waals surface area contributed by atoms with Gasteiger partial charge < -0.3 is 15.4 Å². The zero-order valence-electron chi connectivity index (χ0n) is 9.41. The van der Waals surface area contributed by atoms with Crippen molar-refractivity contribution in [1.82, 2.24) is 10.1 Å². The maximum atomic E-state index is 8.77. The smallest absolute Gasteiger partial charge is 0.243 e. The molecule has 1 heterocycles. The van der Waals surface area contributed by atoms with Gasteiger partial charge >= 0.3 is 0 Å². The molecule has 17 heavy (non-hydrogen) atoms.